The molecule has 1 N–H and O–H groups in total. The molecule has 0 bridgehead atoms. The number of piperidine rings is 1. The number of likely N-dealkylation sites (tertiary alicyclic amines) is 2. The van der Waals surface area contributed by atoms with Gasteiger partial charge in [0, 0.05) is 45.1 Å². The van der Waals surface area contributed by atoms with Crippen molar-refractivity contribution in [1.82, 2.24) is 20.3 Å². The van der Waals surface area contributed by atoms with Gasteiger partial charge in [-0.1, -0.05) is 5.16 Å². The molecule has 2 fully saturated rings. The molecule has 25 heavy (non-hydrogen) atoms. The Morgan fingerprint density at radius 2 is 2.04 bits per heavy atom. The number of aromatic nitrogens is 1. The molecule has 3 rings (SSSR count). The molecule has 2 aliphatic rings. The summed E-state index contributed by atoms with van der Waals surface area (Å²) >= 11 is 0. The van der Waals surface area contributed by atoms with E-state index in [1.54, 1.807) is 11.0 Å². The van der Waals surface area contributed by atoms with Crippen molar-refractivity contribution in [3.05, 3.63) is 18.0 Å². The lowest BCUT2D eigenvalue weighted by molar-refractivity contribution is -0.138. The minimum absolute atomic E-state index is 0.0600. The van der Waals surface area contributed by atoms with Gasteiger partial charge in [-0.25, -0.2) is 0 Å². The Hall–Kier alpha value is -2.38. The van der Waals surface area contributed by atoms with Crippen LogP contribution in [0.5, 0.6) is 0 Å². The Balaban J connectivity index is 1.43. The molecule has 0 aromatic carbocycles. The Morgan fingerprint density at radius 3 is 2.76 bits per heavy atom. The summed E-state index contributed by atoms with van der Waals surface area (Å²) in [7, 11) is 0. The molecule has 8 heteroatoms. The fraction of sp³-hybridized carbons (Fsp3) is 0.647. The number of amides is 3. The van der Waals surface area contributed by atoms with E-state index in [0.717, 1.165) is 19.4 Å². The van der Waals surface area contributed by atoms with Crippen molar-refractivity contribution >= 4 is 17.7 Å². The average Bonchev–Trinajstić information content (AvgIpc) is 3.26. The first kappa shape index (κ1) is 17.4. The molecule has 0 radical (unpaired) electrons. The summed E-state index contributed by atoms with van der Waals surface area (Å²) in [5.41, 5.74) is 0.673. The van der Waals surface area contributed by atoms with Gasteiger partial charge < -0.3 is 19.6 Å². The van der Waals surface area contributed by atoms with Gasteiger partial charge in [-0.3, -0.25) is 14.4 Å². The Morgan fingerprint density at radius 1 is 1.24 bits per heavy atom. The number of nitrogens with zero attached hydrogens (tertiary/aromatic N) is 3. The summed E-state index contributed by atoms with van der Waals surface area (Å²) in [6.45, 7) is 2.87. The quantitative estimate of drug-likeness (QED) is 0.776. The van der Waals surface area contributed by atoms with Gasteiger partial charge in [0.05, 0.1) is 12.5 Å². The van der Waals surface area contributed by atoms with Crippen LogP contribution in [0.1, 0.15) is 37.8 Å². The highest BCUT2D eigenvalue weighted by atomic mass is 16.5. The maximum Gasteiger partial charge on any atom is 0.225 e. The molecule has 136 valence electrons. The molecule has 0 spiro atoms. The first-order valence-corrected chi connectivity index (χ1v) is 8.86. The summed E-state index contributed by atoms with van der Waals surface area (Å²) in [6.07, 6.45) is 4.75. The molecule has 2 aliphatic heterocycles. The standard InChI is InChI=1S/C17H24N4O4/c22-15-3-1-7-20(15)8-2-9-21-12-13(4-5-16(21)23)17(24)18-11-14-6-10-25-19-14/h6,10,13H,1-5,7-9,11-12H2,(H,18,24). The van der Waals surface area contributed by atoms with Crippen LogP contribution >= 0.6 is 0 Å². The van der Waals surface area contributed by atoms with E-state index < -0.39 is 0 Å². The molecule has 1 unspecified atom stereocenters. The highest BCUT2D eigenvalue weighted by Gasteiger charge is 2.30. The topological polar surface area (TPSA) is 95.8 Å². The van der Waals surface area contributed by atoms with E-state index in [-0.39, 0.29) is 23.6 Å². The number of hydrogen-bond acceptors (Lipinski definition) is 5. The number of nitrogens with one attached hydrogen (secondary N) is 1. The summed E-state index contributed by atoms with van der Waals surface area (Å²) in [6, 6.07) is 1.70. The van der Waals surface area contributed by atoms with Crippen molar-refractivity contribution < 1.29 is 18.9 Å². The van der Waals surface area contributed by atoms with Gasteiger partial charge in [-0.2, -0.15) is 0 Å². The molecule has 3 amide bonds. The number of carbonyl (C=O) groups excluding carboxylic acids is 3. The summed E-state index contributed by atoms with van der Waals surface area (Å²) in [5.74, 6) is 0.0385. The number of carbonyl (C=O) groups is 3. The smallest absolute Gasteiger partial charge is 0.225 e. The van der Waals surface area contributed by atoms with Gasteiger partial charge in [0.2, 0.25) is 17.7 Å². The third-order valence-corrected chi connectivity index (χ3v) is 4.83. The molecule has 2 saturated heterocycles. The van der Waals surface area contributed by atoms with E-state index in [0.29, 0.717) is 51.1 Å². The van der Waals surface area contributed by atoms with Gasteiger partial charge in [-0.05, 0) is 19.3 Å². The van der Waals surface area contributed by atoms with Crippen molar-refractivity contribution in [3.63, 3.8) is 0 Å². The maximum atomic E-state index is 12.3. The molecule has 3 heterocycles. The van der Waals surface area contributed by atoms with Gasteiger partial charge >= 0.3 is 0 Å². The van der Waals surface area contributed by atoms with Crippen molar-refractivity contribution in [2.24, 2.45) is 5.92 Å². The lowest BCUT2D eigenvalue weighted by Gasteiger charge is -2.32. The molecule has 0 aliphatic carbocycles. The van der Waals surface area contributed by atoms with E-state index >= 15 is 0 Å². The Bertz CT molecular complexity index is 616. The first-order valence-electron chi connectivity index (χ1n) is 8.86. The highest BCUT2D eigenvalue weighted by molar-refractivity contribution is 5.83. The van der Waals surface area contributed by atoms with E-state index in [2.05, 4.69) is 10.5 Å². The molecule has 1 atom stereocenters. The summed E-state index contributed by atoms with van der Waals surface area (Å²) in [5, 5.41) is 6.60. The second kappa shape index (κ2) is 8.13. The van der Waals surface area contributed by atoms with Crippen molar-refractivity contribution in [1.29, 1.82) is 0 Å². The zero-order valence-corrected chi connectivity index (χ0v) is 14.3. The van der Waals surface area contributed by atoms with Gasteiger partial charge in [-0.15, -0.1) is 0 Å². The zero-order valence-electron chi connectivity index (χ0n) is 14.3. The first-order chi connectivity index (χ1) is 12.1. The molecule has 0 saturated carbocycles. The van der Waals surface area contributed by atoms with E-state index in [4.69, 9.17) is 4.52 Å². The predicted molar refractivity (Wildman–Crippen MR) is 88.1 cm³/mol. The second-order valence-electron chi connectivity index (χ2n) is 6.62. The fourth-order valence-electron chi connectivity index (χ4n) is 3.39. The van der Waals surface area contributed by atoms with E-state index in [1.807, 2.05) is 4.90 Å². The Labute approximate surface area is 146 Å². The fourth-order valence-corrected chi connectivity index (χ4v) is 3.39. The average molecular weight is 348 g/mol. The molecule has 1 aromatic rings. The third kappa shape index (κ3) is 4.58. The van der Waals surface area contributed by atoms with Gasteiger partial charge in [0.15, 0.2) is 0 Å². The second-order valence-corrected chi connectivity index (χ2v) is 6.62. The predicted octanol–water partition coefficient (Wildman–Crippen LogP) is 0.542. The number of hydrogen-bond donors (Lipinski definition) is 1. The van der Waals surface area contributed by atoms with Crippen LogP contribution in [-0.2, 0) is 20.9 Å². The molecular formula is C17H24N4O4. The highest BCUT2D eigenvalue weighted by Crippen LogP contribution is 2.19. The lowest BCUT2D eigenvalue weighted by atomic mass is 9.96. The van der Waals surface area contributed by atoms with E-state index in [9.17, 15) is 14.4 Å². The third-order valence-electron chi connectivity index (χ3n) is 4.83. The van der Waals surface area contributed by atoms with Crippen LogP contribution in [0.2, 0.25) is 0 Å². The largest absolute Gasteiger partial charge is 0.364 e. The van der Waals surface area contributed by atoms with Crippen molar-refractivity contribution in [2.45, 2.75) is 38.6 Å². The van der Waals surface area contributed by atoms with Crippen LogP contribution < -0.4 is 5.32 Å². The monoisotopic (exact) mass is 348 g/mol. The normalized spacial score (nSPS) is 21.0. The summed E-state index contributed by atoms with van der Waals surface area (Å²) in [4.78, 5) is 39.6. The minimum Gasteiger partial charge on any atom is -0.364 e. The van der Waals surface area contributed by atoms with Crippen molar-refractivity contribution in [3.8, 4) is 0 Å². The molecule has 1 aromatic heterocycles. The molecule has 8 nitrogen and oxygen atoms in total. The lowest BCUT2D eigenvalue weighted by Crippen LogP contribution is -2.46. The van der Waals surface area contributed by atoms with Gasteiger partial charge in [0.1, 0.15) is 12.0 Å². The van der Waals surface area contributed by atoms with Crippen LogP contribution in [0.25, 0.3) is 0 Å². The SMILES string of the molecule is O=C(NCc1ccon1)C1CCC(=O)N(CCCN2CCCC2=O)C1. The van der Waals surface area contributed by atoms with Gasteiger partial charge in [0.25, 0.3) is 0 Å². The van der Waals surface area contributed by atoms with E-state index in [1.165, 1.54) is 6.26 Å². The van der Waals surface area contributed by atoms with Crippen LogP contribution in [0.4, 0.5) is 0 Å². The molecular weight excluding hydrogens is 324 g/mol. The maximum absolute atomic E-state index is 12.3. The van der Waals surface area contributed by atoms with Crippen LogP contribution in [-0.4, -0.2) is 58.9 Å². The van der Waals surface area contributed by atoms with Crippen molar-refractivity contribution in [2.75, 3.05) is 26.2 Å². The Kier molecular flexibility index (Phi) is 5.67. The summed E-state index contributed by atoms with van der Waals surface area (Å²) < 4.78 is 4.74. The van der Waals surface area contributed by atoms with Crippen LogP contribution in [0, 0.1) is 5.92 Å². The number of rotatable bonds is 7. The zero-order chi connectivity index (χ0) is 17.6. The van der Waals surface area contributed by atoms with Crippen LogP contribution in [0.15, 0.2) is 16.9 Å². The minimum atomic E-state index is -0.196. The van der Waals surface area contributed by atoms with Crippen LogP contribution in [0.3, 0.4) is 0 Å².